The van der Waals surface area contributed by atoms with Crippen LogP contribution in [0.2, 0.25) is 0 Å². The molecule has 4 nitrogen and oxygen atoms in total. The minimum absolute atomic E-state index is 0.00564. The molecule has 1 amide bonds. The summed E-state index contributed by atoms with van der Waals surface area (Å²) in [6, 6.07) is 21.1. The predicted molar refractivity (Wildman–Crippen MR) is 139 cm³/mol. The van der Waals surface area contributed by atoms with E-state index in [1.54, 1.807) is 12.1 Å². The summed E-state index contributed by atoms with van der Waals surface area (Å²) in [5, 5.41) is 12.2. The highest BCUT2D eigenvalue weighted by atomic mass is 127. The van der Waals surface area contributed by atoms with Crippen molar-refractivity contribution < 1.29 is 9.53 Å². The number of carbonyl (C=O) groups excluding carboxylic acids is 1. The lowest BCUT2D eigenvalue weighted by Crippen LogP contribution is -2.13. The average molecular weight is 652 g/mol. The summed E-state index contributed by atoms with van der Waals surface area (Å²) in [6.07, 6.45) is 1.54. The van der Waals surface area contributed by atoms with E-state index in [1.807, 2.05) is 61.5 Å². The molecule has 0 radical (unpaired) electrons. The van der Waals surface area contributed by atoms with Crippen LogP contribution < -0.4 is 10.1 Å². The third-order valence-corrected chi connectivity index (χ3v) is 6.09. The van der Waals surface area contributed by atoms with Crippen molar-refractivity contribution in [3.05, 3.63) is 95.4 Å². The zero-order valence-electron chi connectivity index (χ0n) is 16.5. The van der Waals surface area contributed by atoms with E-state index in [4.69, 9.17) is 4.74 Å². The molecule has 0 fully saturated rings. The monoisotopic (exact) mass is 650 g/mol. The Balaban J connectivity index is 1.77. The van der Waals surface area contributed by atoms with Crippen molar-refractivity contribution in [3.63, 3.8) is 0 Å². The highest BCUT2D eigenvalue weighted by molar-refractivity contribution is 14.1. The first-order chi connectivity index (χ1) is 14.9. The van der Waals surface area contributed by atoms with Crippen molar-refractivity contribution in [2.75, 3.05) is 5.32 Å². The molecule has 0 spiro atoms. The van der Waals surface area contributed by atoms with Crippen LogP contribution in [0.4, 0.5) is 5.69 Å². The predicted octanol–water partition coefficient (Wildman–Crippen LogP) is 7.25. The van der Waals surface area contributed by atoms with E-state index in [1.165, 1.54) is 5.56 Å². The van der Waals surface area contributed by atoms with Gasteiger partial charge in [-0.25, -0.2) is 0 Å². The van der Waals surface area contributed by atoms with E-state index in [0.717, 1.165) is 18.1 Å². The topological polar surface area (TPSA) is 62.1 Å². The summed E-state index contributed by atoms with van der Waals surface area (Å²) in [4.78, 5) is 12.5. The number of amides is 1. The fourth-order valence-corrected chi connectivity index (χ4v) is 4.83. The maximum Gasteiger partial charge on any atom is 0.266 e. The maximum atomic E-state index is 12.5. The van der Waals surface area contributed by atoms with E-state index in [0.29, 0.717) is 23.6 Å². The number of hydrogen-bond donors (Lipinski definition) is 1. The summed E-state index contributed by atoms with van der Waals surface area (Å²) in [6.45, 7) is 2.47. The van der Waals surface area contributed by atoms with Gasteiger partial charge in [0.1, 0.15) is 24.0 Å². The van der Waals surface area contributed by atoms with Gasteiger partial charge >= 0.3 is 0 Å². The van der Waals surface area contributed by atoms with E-state index in [-0.39, 0.29) is 5.57 Å². The van der Waals surface area contributed by atoms with Crippen LogP contribution >= 0.6 is 54.5 Å². The smallest absolute Gasteiger partial charge is 0.266 e. The van der Waals surface area contributed by atoms with E-state index < -0.39 is 5.91 Å². The fourth-order valence-electron chi connectivity index (χ4n) is 2.84. The Kier molecular flexibility index (Phi) is 8.29. The number of ether oxygens (including phenoxy) is 1. The second-order valence-electron chi connectivity index (χ2n) is 6.73. The number of carbonyl (C=O) groups is 1. The van der Waals surface area contributed by atoms with Crippen molar-refractivity contribution in [1.82, 2.24) is 0 Å². The minimum atomic E-state index is -0.462. The second-order valence-corrected chi connectivity index (χ2v) is 9.68. The van der Waals surface area contributed by atoms with Gasteiger partial charge in [0.05, 0.1) is 8.95 Å². The molecule has 0 saturated carbocycles. The molecule has 0 atom stereocenters. The molecule has 0 aliphatic rings. The van der Waals surface area contributed by atoms with Gasteiger partial charge in [-0.1, -0.05) is 35.9 Å². The lowest BCUT2D eigenvalue weighted by molar-refractivity contribution is -0.112. The summed E-state index contributed by atoms with van der Waals surface area (Å²) < 4.78 is 8.40. The van der Waals surface area contributed by atoms with Crippen molar-refractivity contribution >= 4 is 72.1 Å². The summed E-state index contributed by atoms with van der Waals surface area (Å²) in [5.74, 6) is 0.192. The standard InChI is InChI=1S/C24H17Br2IN2O2/c1-15-4-2-5-16(8-15)14-31-23-21(25)10-17(11-22(23)26)9-18(13-28)24(30)29-20-7-3-6-19(27)12-20/h2-12H,14H2,1H3,(H,29,30)/b18-9+. The van der Waals surface area contributed by atoms with Crippen LogP contribution in [0.15, 0.2) is 75.2 Å². The Morgan fingerprint density at radius 3 is 2.48 bits per heavy atom. The molecule has 1 N–H and O–H groups in total. The lowest BCUT2D eigenvalue weighted by Gasteiger charge is -2.12. The van der Waals surface area contributed by atoms with Gasteiger partial charge in [0, 0.05) is 9.26 Å². The zero-order chi connectivity index (χ0) is 22.4. The van der Waals surface area contributed by atoms with Gasteiger partial charge in [-0.3, -0.25) is 4.79 Å². The summed E-state index contributed by atoms with van der Waals surface area (Å²) in [7, 11) is 0. The van der Waals surface area contributed by atoms with Crippen LogP contribution in [0.25, 0.3) is 6.08 Å². The quantitative estimate of drug-likeness (QED) is 0.174. The number of nitrogens with zero attached hydrogens (tertiary/aromatic N) is 1. The third kappa shape index (κ3) is 6.66. The van der Waals surface area contributed by atoms with Gasteiger partial charge in [-0.05, 0) is 109 Å². The molecule has 0 saturated heterocycles. The molecule has 3 rings (SSSR count). The Morgan fingerprint density at radius 2 is 1.84 bits per heavy atom. The second kappa shape index (κ2) is 10.9. The van der Waals surface area contributed by atoms with Crippen LogP contribution in [0.1, 0.15) is 16.7 Å². The number of halogens is 3. The van der Waals surface area contributed by atoms with Crippen molar-refractivity contribution in [3.8, 4) is 11.8 Å². The highest BCUT2D eigenvalue weighted by Gasteiger charge is 2.13. The third-order valence-electron chi connectivity index (χ3n) is 4.24. The molecule has 0 unspecified atom stereocenters. The Morgan fingerprint density at radius 1 is 1.13 bits per heavy atom. The van der Waals surface area contributed by atoms with E-state index in [9.17, 15) is 10.1 Å². The van der Waals surface area contributed by atoms with Crippen LogP contribution in [0, 0.1) is 21.8 Å². The molecule has 0 aliphatic carbocycles. The number of benzene rings is 3. The van der Waals surface area contributed by atoms with Gasteiger partial charge in [0.2, 0.25) is 0 Å². The van der Waals surface area contributed by atoms with Crippen molar-refractivity contribution in [1.29, 1.82) is 5.26 Å². The van der Waals surface area contributed by atoms with Crippen LogP contribution in [0.3, 0.4) is 0 Å². The van der Waals surface area contributed by atoms with Crippen molar-refractivity contribution in [2.45, 2.75) is 13.5 Å². The minimum Gasteiger partial charge on any atom is -0.487 e. The first kappa shape index (κ1) is 23.5. The van der Waals surface area contributed by atoms with Crippen LogP contribution in [-0.4, -0.2) is 5.91 Å². The first-order valence-corrected chi connectivity index (χ1v) is 11.9. The van der Waals surface area contributed by atoms with Gasteiger partial charge in [-0.15, -0.1) is 0 Å². The molecular weight excluding hydrogens is 635 g/mol. The summed E-state index contributed by atoms with van der Waals surface area (Å²) >= 11 is 9.22. The largest absolute Gasteiger partial charge is 0.487 e. The number of hydrogen-bond acceptors (Lipinski definition) is 3. The van der Waals surface area contributed by atoms with Gasteiger partial charge in [0.25, 0.3) is 5.91 Å². The van der Waals surface area contributed by atoms with Crippen molar-refractivity contribution in [2.24, 2.45) is 0 Å². The number of nitriles is 1. The zero-order valence-corrected chi connectivity index (χ0v) is 21.8. The maximum absolute atomic E-state index is 12.5. The number of rotatable bonds is 6. The average Bonchev–Trinajstić information content (AvgIpc) is 2.71. The Bertz CT molecular complexity index is 1180. The molecule has 0 aromatic heterocycles. The lowest BCUT2D eigenvalue weighted by atomic mass is 10.1. The molecule has 3 aromatic rings. The normalized spacial score (nSPS) is 11.0. The van der Waals surface area contributed by atoms with Gasteiger partial charge in [-0.2, -0.15) is 5.26 Å². The summed E-state index contributed by atoms with van der Waals surface area (Å²) in [5.41, 5.74) is 3.58. The number of aryl methyl sites for hydroxylation is 1. The fraction of sp³-hybridized carbons (Fsp3) is 0.0833. The molecular formula is C24H17Br2IN2O2. The van der Waals surface area contributed by atoms with Gasteiger partial charge < -0.3 is 10.1 Å². The molecule has 0 bridgehead atoms. The van der Waals surface area contributed by atoms with Crippen LogP contribution in [-0.2, 0) is 11.4 Å². The van der Waals surface area contributed by atoms with Gasteiger partial charge in [0.15, 0.2) is 0 Å². The number of anilines is 1. The molecule has 156 valence electrons. The van der Waals surface area contributed by atoms with E-state index >= 15 is 0 Å². The van der Waals surface area contributed by atoms with E-state index in [2.05, 4.69) is 65.8 Å². The molecule has 3 aromatic carbocycles. The molecule has 0 aliphatic heterocycles. The molecule has 0 heterocycles. The van der Waals surface area contributed by atoms with Crippen LogP contribution in [0.5, 0.6) is 5.75 Å². The number of nitrogens with one attached hydrogen (secondary N) is 1. The molecule has 7 heteroatoms. The molecule has 31 heavy (non-hydrogen) atoms. The highest BCUT2D eigenvalue weighted by Crippen LogP contribution is 2.36. The first-order valence-electron chi connectivity index (χ1n) is 9.22. The SMILES string of the molecule is Cc1cccc(COc2c(Br)cc(/C=C(\C#N)C(=O)Nc3cccc(I)c3)cc2Br)c1. The Hall–Kier alpha value is -2.15. The Labute approximate surface area is 211 Å².